The van der Waals surface area contributed by atoms with Gasteiger partial charge in [0.05, 0.1) is 13.2 Å². The van der Waals surface area contributed by atoms with Crippen LogP contribution in [0.25, 0.3) is 0 Å². The van der Waals surface area contributed by atoms with Crippen LogP contribution in [0.15, 0.2) is 22.7 Å². The number of hydrogen-bond donors (Lipinski definition) is 0. The summed E-state index contributed by atoms with van der Waals surface area (Å²) in [6.45, 7) is 4.33. The van der Waals surface area contributed by atoms with Crippen LogP contribution in [0.1, 0.15) is 12.5 Å². The minimum absolute atomic E-state index is 0.286. The third-order valence-electron chi connectivity index (χ3n) is 2.99. The molecule has 19 heavy (non-hydrogen) atoms. The van der Waals surface area contributed by atoms with Gasteiger partial charge in [-0.1, -0.05) is 22.0 Å². The molecule has 1 rings (SSSR count). The molecule has 0 fully saturated rings. The van der Waals surface area contributed by atoms with Crippen LogP contribution in [-0.4, -0.2) is 40.0 Å². The predicted octanol–water partition coefficient (Wildman–Crippen LogP) is 3.68. The van der Waals surface area contributed by atoms with Gasteiger partial charge in [0.15, 0.2) is 0 Å². The topological polar surface area (TPSA) is 21.7 Å². The average molecular weight is 351 g/mol. The van der Waals surface area contributed by atoms with Crippen LogP contribution in [0.5, 0.6) is 0 Å². The summed E-state index contributed by atoms with van der Waals surface area (Å²) in [6, 6.07) is 6.52. The Balaban J connectivity index is 2.92. The van der Waals surface area contributed by atoms with Gasteiger partial charge >= 0.3 is 0 Å². The summed E-state index contributed by atoms with van der Waals surface area (Å²) in [6.07, 6.45) is 0. The largest absolute Gasteiger partial charge is 0.383 e. The van der Waals surface area contributed by atoms with Gasteiger partial charge < -0.3 is 14.4 Å². The third-order valence-corrected chi connectivity index (χ3v) is 4.01. The Morgan fingerprint density at radius 1 is 1.32 bits per heavy atom. The molecule has 0 aliphatic rings. The molecule has 0 aliphatic carbocycles. The van der Waals surface area contributed by atoms with E-state index in [2.05, 4.69) is 39.9 Å². The van der Waals surface area contributed by atoms with E-state index in [-0.39, 0.29) is 6.04 Å². The van der Waals surface area contributed by atoms with Crippen LogP contribution >= 0.6 is 27.5 Å². The van der Waals surface area contributed by atoms with Crippen molar-refractivity contribution in [2.75, 3.05) is 38.9 Å². The predicted molar refractivity (Wildman–Crippen MR) is 84.3 cm³/mol. The summed E-state index contributed by atoms with van der Waals surface area (Å²) in [4.78, 5) is 2.27. The highest BCUT2D eigenvalue weighted by Crippen LogP contribution is 2.26. The van der Waals surface area contributed by atoms with E-state index in [4.69, 9.17) is 21.1 Å². The maximum atomic E-state index is 5.88. The van der Waals surface area contributed by atoms with Crippen molar-refractivity contribution in [1.82, 2.24) is 0 Å². The second-order valence-corrected chi connectivity index (χ2v) is 5.52. The van der Waals surface area contributed by atoms with Crippen LogP contribution in [0.2, 0.25) is 0 Å². The monoisotopic (exact) mass is 349 g/mol. The molecule has 0 saturated carbocycles. The van der Waals surface area contributed by atoms with Gasteiger partial charge in [-0.3, -0.25) is 0 Å². The van der Waals surface area contributed by atoms with Gasteiger partial charge in [0, 0.05) is 42.8 Å². The van der Waals surface area contributed by atoms with E-state index >= 15 is 0 Å². The molecule has 0 amide bonds. The van der Waals surface area contributed by atoms with Crippen molar-refractivity contribution >= 4 is 33.2 Å². The first-order valence-electron chi connectivity index (χ1n) is 6.23. The molecule has 3 nitrogen and oxygen atoms in total. The van der Waals surface area contributed by atoms with Crippen molar-refractivity contribution in [3.05, 3.63) is 28.2 Å². The maximum absolute atomic E-state index is 5.88. The number of rotatable bonds is 8. The maximum Gasteiger partial charge on any atom is 0.0663 e. The fourth-order valence-corrected chi connectivity index (χ4v) is 2.85. The van der Waals surface area contributed by atoms with Gasteiger partial charge in [-0.15, -0.1) is 11.6 Å². The first-order chi connectivity index (χ1) is 9.13. The standard InChI is InChI=1S/C14H21BrClNO2/c1-11(10-19-3)17(6-7-18-2)13-5-4-12(9-16)14(15)8-13/h4-5,8,11H,6-7,9-10H2,1-3H3. The number of hydrogen-bond acceptors (Lipinski definition) is 3. The zero-order chi connectivity index (χ0) is 14.3. The average Bonchev–Trinajstić information content (AvgIpc) is 2.39. The fourth-order valence-electron chi connectivity index (χ4n) is 1.95. The molecule has 0 spiro atoms. The Hall–Kier alpha value is -0.290. The summed E-state index contributed by atoms with van der Waals surface area (Å²) in [5.74, 6) is 0.507. The van der Waals surface area contributed by atoms with Crippen LogP contribution in [-0.2, 0) is 15.4 Å². The van der Waals surface area contributed by atoms with E-state index in [0.29, 0.717) is 19.1 Å². The van der Waals surface area contributed by atoms with Crippen molar-refractivity contribution in [2.45, 2.75) is 18.8 Å². The number of benzene rings is 1. The van der Waals surface area contributed by atoms with E-state index in [1.54, 1.807) is 14.2 Å². The molecule has 5 heteroatoms. The summed E-state index contributed by atoms with van der Waals surface area (Å²) >= 11 is 9.43. The SMILES string of the molecule is COCCN(c1ccc(CCl)c(Br)c1)C(C)COC. The first-order valence-corrected chi connectivity index (χ1v) is 7.55. The molecule has 0 aliphatic heterocycles. The third kappa shape index (κ3) is 4.95. The number of nitrogens with zero attached hydrogens (tertiary/aromatic N) is 1. The van der Waals surface area contributed by atoms with Gasteiger partial charge in [0.2, 0.25) is 0 Å². The normalized spacial score (nSPS) is 12.5. The molecule has 1 unspecified atom stereocenters. The van der Waals surface area contributed by atoms with E-state index < -0.39 is 0 Å². The molecule has 0 aromatic heterocycles. The fraction of sp³-hybridized carbons (Fsp3) is 0.571. The lowest BCUT2D eigenvalue weighted by Crippen LogP contribution is -2.38. The lowest BCUT2D eigenvalue weighted by molar-refractivity contribution is 0.171. The highest BCUT2D eigenvalue weighted by atomic mass is 79.9. The van der Waals surface area contributed by atoms with Crippen LogP contribution in [0.3, 0.4) is 0 Å². The van der Waals surface area contributed by atoms with Crippen LogP contribution < -0.4 is 4.90 Å². The number of methoxy groups -OCH3 is 2. The molecule has 1 aromatic carbocycles. The molecule has 1 aromatic rings. The summed E-state index contributed by atoms with van der Waals surface area (Å²) in [7, 11) is 3.43. The molecule has 0 N–H and O–H groups in total. The molecule has 0 saturated heterocycles. The summed E-state index contributed by atoms with van der Waals surface area (Å²) < 4.78 is 11.5. The number of anilines is 1. The smallest absolute Gasteiger partial charge is 0.0663 e. The van der Waals surface area contributed by atoms with Gasteiger partial charge in [0.1, 0.15) is 0 Å². The molecular weight excluding hydrogens is 330 g/mol. The van der Waals surface area contributed by atoms with Crippen molar-refractivity contribution < 1.29 is 9.47 Å². The second kappa shape index (κ2) is 8.80. The Bertz CT molecular complexity index is 390. The molecule has 0 radical (unpaired) electrons. The van der Waals surface area contributed by atoms with Crippen LogP contribution in [0, 0.1) is 0 Å². The van der Waals surface area contributed by atoms with E-state index in [1.807, 2.05) is 6.07 Å². The lowest BCUT2D eigenvalue weighted by atomic mass is 10.2. The summed E-state index contributed by atoms with van der Waals surface area (Å²) in [5, 5.41) is 0. The Kier molecular flexibility index (Phi) is 7.76. The zero-order valence-corrected chi connectivity index (χ0v) is 14.0. The Morgan fingerprint density at radius 3 is 2.58 bits per heavy atom. The highest BCUT2D eigenvalue weighted by Gasteiger charge is 2.15. The lowest BCUT2D eigenvalue weighted by Gasteiger charge is -2.31. The van der Waals surface area contributed by atoms with Gasteiger partial charge in [-0.25, -0.2) is 0 Å². The van der Waals surface area contributed by atoms with E-state index in [0.717, 1.165) is 22.3 Å². The Morgan fingerprint density at radius 2 is 2.05 bits per heavy atom. The van der Waals surface area contributed by atoms with Crippen molar-refractivity contribution in [2.24, 2.45) is 0 Å². The molecule has 0 bridgehead atoms. The van der Waals surface area contributed by atoms with Gasteiger partial charge in [0.25, 0.3) is 0 Å². The number of halogens is 2. The highest BCUT2D eigenvalue weighted by molar-refractivity contribution is 9.10. The van der Waals surface area contributed by atoms with Crippen LogP contribution in [0.4, 0.5) is 5.69 Å². The minimum Gasteiger partial charge on any atom is -0.383 e. The first kappa shape index (κ1) is 16.8. The van der Waals surface area contributed by atoms with Crippen molar-refractivity contribution in [3.8, 4) is 0 Å². The molecular formula is C14H21BrClNO2. The molecule has 1 atom stereocenters. The molecule has 108 valence electrons. The Labute approximate surface area is 129 Å². The van der Waals surface area contributed by atoms with Crippen molar-refractivity contribution in [3.63, 3.8) is 0 Å². The van der Waals surface area contributed by atoms with Gasteiger partial charge in [-0.05, 0) is 24.6 Å². The summed E-state index contributed by atoms with van der Waals surface area (Å²) in [5.41, 5.74) is 2.24. The zero-order valence-electron chi connectivity index (χ0n) is 11.7. The minimum atomic E-state index is 0.286. The van der Waals surface area contributed by atoms with Crippen molar-refractivity contribution in [1.29, 1.82) is 0 Å². The van der Waals surface area contributed by atoms with Gasteiger partial charge in [-0.2, -0.15) is 0 Å². The second-order valence-electron chi connectivity index (χ2n) is 4.40. The van der Waals surface area contributed by atoms with E-state index in [1.165, 1.54) is 0 Å². The quantitative estimate of drug-likeness (QED) is 0.668. The number of alkyl halides is 1. The van der Waals surface area contributed by atoms with E-state index in [9.17, 15) is 0 Å². The number of ether oxygens (including phenoxy) is 2. The molecule has 0 heterocycles.